The lowest BCUT2D eigenvalue weighted by Crippen LogP contribution is -2.34. The summed E-state index contributed by atoms with van der Waals surface area (Å²) in [6.45, 7) is 6.53. The van der Waals surface area contributed by atoms with Crippen molar-refractivity contribution in [2.24, 2.45) is 0 Å². The van der Waals surface area contributed by atoms with Crippen LogP contribution in [0.3, 0.4) is 0 Å². The van der Waals surface area contributed by atoms with Gasteiger partial charge in [-0.25, -0.2) is 4.98 Å². The first-order valence-electron chi connectivity index (χ1n) is 7.66. The number of para-hydroxylation sites is 1. The Morgan fingerprint density at radius 3 is 2.95 bits per heavy atom. The minimum Gasteiger partial charge on any atom is -0.369 e. The molecule has 0 fully saturated rings. The van der Waals surface area contributed by atoms with E-state index in [1.807, 2.05) is 13.8 Å². The largest absolute Gasteiger partial charge is 0.369 e. The Kier molecular flexibility index (Phi) is 4.43. The predicted molar refractivity (Wildman–Crippen MR) is 90.7 cm³/mol. The van der Waals surface area contributed by atoms with E-state index in [4.69, 9.17) is 0 Å². The monoisotopic (exact) mass is 315 g/mol. The molecule has 1 aromatic heterocycles. The van der Waals surface area contributed by atoms with Gasteiger partial charge in [-0.05, 0) is 31.9 Å². The number of fused-ring (bicyclic) bond motifs is 1. The van der Waals surface area contributed by atoms with Crippen molar-refractivity contribution < 1.29 is 4.79 Å². The first-order valence-corrected chi connectivity index (χ1v) is 8.47. The number of hydrogen-bond donors (Lipinski definition) is 1. The van der Waals surface area contributed by atoms with Crippen LogP contribution in [0, 0.1) is 13.8 Å². The summed E-state index contributed by atoms with van der Waals surface area (Å²) in [5.41, 5.74) is 3.70. The number of nitrogens with zero attached hydrogens (tertiary/aromatic N) is 2. The van der Waals surface area contributed by atoms with Crippen LogP contribution in [0.15, 0.2) is 24.3 Å². The number of anilines is 1. The number of aryl methyl sites for hydroxylation is 2. The second kappa shape index (κ2) is 6.48. The van der Waals surface area contributed by atoms with Gasteiger partial charge >= 0.3 is 0 Å². The van der Waals surface area contributed by atoms with E-state index in [2.05, 4.69) is 39.5 Å². The molecular formula is C17H21N3OS. The molecule has 0 radical (unpaired) electrons. The molecule has 1 aliphatic heterocycles. The van der Waals surface area contributed by atoms with Gasteiger partial charge in [-0.15, -0.1) is 11.3 Å². The summed E-state index contributed by atoms with van der Waals surface area (Å²) in [6, 6.07) is 8.50. The van der Waals surface area contributed by atoms with Crippen LogP contribution in [0.4, 0.5) is 5.69 Å². The second-order valence-corrected chi connectivity index (χ2v) is 6.92. The zero-order chi connectivity index (χ0) is 15.5. The molecule has 116 valence electrons. The fourth-order valence-corrected chi connectivity index (χ4v) is 3.85. The third-order valence-electron chi connectivity index (χ3n) is 4.01. The van der Waals surface area contributed by atoms with Crippen LogP contribution in [0.25, 0.3) is 0 Å². The van der Waals surface area contributed by atoms with Crippen LogP contribution in [-0.4, -0.2) is 30.5 Å². The third kappa shape index (κ3) is 3.30. The molecule has 2 aromatic rings. The van der Waals surface area contributed by atoms with Crippen LogP contribution >= 0.6 is 11.3 Å². The molecule has 1 N–H and O–H groups in total. The molecule has 1 amide bonds. The number of carbonyl (C=O) groups excluding carboxylic acids is 1. The SMILES string of the molecule is Cc1nc(C)c(CC(=O)NCCN2CCc3ccccc32)s1. The quantitative estimate of drug-likeness (QED) is 0.922. The number of nitrogens with one attached hydrogen (secondary N) is 1. The minimum absolute atomic E-state index is 0.0826. The van der Waals surface area contributed by atoms with Gasteiger partial charge in [0.2, 0.25) is 5.91 Å². The maximum Gasteiger partial charge on any atom is 0.225 e. The smallest absolute Gasteiger partial charge is 0.225 e. The summed E-state index contributed by atoms with van der Waals surface area (Å²) in [6.07, 6.45) is 1.54. The fraction of sp³-hybridized carbons (Fsp3) is 0.412. The van der Waals surface area contributed by atoms with Gasteiger partial charge < -0.3 is 10.2 Å². The van der Waals surface area contributed by atoms with Crippen molar-refractivity contribution in [3.63, 3.8) is 0 Å². The molecule has 0 saturated heterocycles. The lowest BCUT2D eigenvalue weighted by molar-refractivity contribution is -0.120. The van der Waals surface area contributed by atoms with Crippen LogP contribution in [0.1, 0.15) is 21.1 Å². The Bertz CT molecular complexity index is 680. The summed E-state index contributed by atoms with van der Waals surface area (Å²) < 4.78 is 0. The maximum absolute atomic E-state index is 12.0. The lowest BCUT2D eigenvalue weighted by Gasteiger charge is -2.19. The molecule has 1 aliphatic rings. The molecule has 0 unspecified atom stereocenters. The molecule has 2 heterocycles. The zero-order valence-corrected chi connectivity index (χ0v) is 13.9. The van der Waals surface area contributed by atoms with Crippen molar-refractivity contribution >= 4 is 22.9 Å². The van der Waals surface area contributed by atoms with Gasteiger partial charge in [-0.3, -0.25) is 4.79 Å². The van der Waals surface area contributed by atoms with Crippen molar-refractivity contribution in [1.82, 2.24) is 10.3 Å². The van der Waals surface area contributed by atoms with E-state index in [1.165, 1.54) is 11.3 Å². The van der Waals surface area contributed by atoms with Gasteiger partial charge in [0.15, 0.2) is 0 Å². The predicted octanol–water partition coefficient (Wildman–Crippen LogP) is 2.48. The van der Waals surface area contributed by atoms with Gasteiger partial charge in [0.25, 0.3) is 0 Å². The summed E-state index contributed by atoms with van der Waals surface area (Å²) in [5, 5.41) is 4.05. The molecule has 0 atom stereocenters. The molecule has 0 bridgehead atoms. The van der Waals surface area contributed by atoms with E-state index < -0.39 is 0 Å². The zero-order valence-electron chi connectivity index (χ0n) is 13.1. The highest BCUT2D eigenvalue weighted by atomic mass is 32.1. The van der Waals surface area contributed by atoms with Gasteiger partial charge in [-0.1, -0.05) is 18.2 Å². The molecule has 4 nitrogen and oxygen atoms in total. The maximum atomic E-state index is 12.0. The van der Waals surface area contributed by atoms with E-state index in [0.29, 0.717) is 13.0 Å². The van der Waals surface area contributed by atoms with Crippen molar-refractivity contribution in [2.75, 3.05) is 24.5 Å². The Morgan fingerprint density at radius 2 is 2.18 bits per heavy atom. The highest BCUT2D eigenvalue weighted by molar-refractivity contribution is 7.11. The Labute approximate surface area is 135 Å². The van der Waals surface area contributed by atoms with Crippen LogP contribution in [-0.2, 0) is 17.6 Å². The molecule has 0 saturated carbocycles. The Morgan fingerprint density at radius 1 is 1.36 bits per heavy atom. The molecule has 0 aliphatic carbocycles. The van der Waals surface area contributed by atoms with Crippen molar-refractivity contribution in [3.05, 3.63) is 45.4 Å². The topological polar surface area (TPSA) is 45.2 Å². The Hall–Kier alpha value is -1.88. The van der Waals surface area contributed by atoms with E-state index in [1.54, 1.807) is 11.3 Å². The van der Waals surface area contributed by atoms with Crippen LogP contribution in [0.5, 0.6) is 0 Å². The van der Waals surface area contributed by atoms with E-state index in [9.17, 15) is 4.79 Å². The highest BCUT2D eigenvalue weighted by Gasteiger charge is 2.18. The standard InChI is InChI=1S/C17H21N3OS/c1-12-16(22-13(2)19-12)11-17(21)18-8-10-20-9-7-14-5-3-4-6-15(14)20/h3-6H,7-11H2,1-2H3,(H,18,21). The first kappa shape index (κ1) is 15.0. The summed E-state index contributed by atoms with van der Waals surface area (Å²) in [4.78, 5) is 19.8. The average Bonchev–Trinajstić information content (AvgIpc) is 3.03. The number of carbonyl (C=O) groups is 1. The average molecular weight is 315 g/mol. The summed E-state index contributed by atoms with van der Waals surface area (Å²) >= 11 is 1.61. The number of benzene rings is 1. The summed E-state index contributed by atoms with van der Waals surface area (Å²) in [7, 11) is 0. The molecule has 22 heavy (non-hydrogen) atoms. The molecule has 1 aromatic carbocycles. The normalized spacial score (nSPS) is 13.3. The van der Waals surface area contributed by atoms with Crippen molar-refractivity contribution in [1.29, 1.82) is 0 Å². The van der Waals surface area contributed by atoms with E-state index >= 15 is 0 Å². The minimum atomic E-state index is 0.0826. The molecule has 5 heteroatoms. The second-order valence-electron chi connectivity index (χ2n) is 5.63. The lowest BCUT2D eigenvalue weighted by atomic mass is 10.2. The molecule has 0 spiro atoms. The van der Waals surface area contributed by atoms with E-state index in [0.717, 1.165) is 35.1 Å². The number of thiazole rings is 1. The van der Waals surface area contributed by atoms with Gasteiger partial charge in [0, 0.05) is 30.2 Å². The van der Waals surface area contributed by atoms with Gasteiger partial charge in [0.1, 0.15) is 0 Å². The molecule has 3 rings (SSSR count). The number of rotatable bonds is 5. The third-order valence-corrected chi connectivity index (χ3v) is 5.08. The number of aromatic nitrogens is 1. The van der Waals surface area contributed by atoms with E-state index in [-0.39, 0.29) is 5.91 Å². The molecular weight excluding hydrogens is 294 g/mol. The first-order chi connectivity index (χ1) is 10.6. The van der Waals surface area contributed by atoms with Gasteiger partial charge in [-0.2, -0.15) is 0 Å². The summed E-state index contributed by atoms with van der Waals surface area (Å²) in [5.74, 6) is 0.0826. The van der Waals surface area contributed by atoms with Crippen LogP contribution in [0.2, 0.25) is 0 Å². The fourth-order valence-electron chi connectivity index (χ4n) is 2.91. The Balaban J connectivity index is 1.48. The highest BCUT2D eigenvalue weighted by Crippen LogP contribution is 2.26. The van der Waals surface area contributed by atoms with Crippen molar-refractivity contribution in [2.45, 2.75) is 26.7 Å². The number of hydrogen-bond acceptors (Lipinski definition) is 4. The number of amides is 1. The van der Waals surface area contributed by atoms with Gasteiger partial charge in [0.05, 0.1) is 17.1 Å². The van der Waals surface area contributed by atoms with Crippen molar-refractivity contribution in [3.8, 4) is 0 Å². The van der Waals surface area contributed by atoms with Crippen LogP contribution < -0.4 is 10.2 Å².